The van der Waals surface area contributed by atoms with Gasteiger partial charge < -0.3 is 5.32 Å². The second-order valence-corrected chi connectivity index (χ2v) is 9.73. The van der Waals surface area contributed by atoms with Gasteiger partial charge in [0.2, 0.25) is 5.95 Å². The summed E-state index contributed by atoms with van der Waals surface area (Å²) in [7, 11) is 2.17. The van der Waals surface area contributed by atoms with E-state index in [9.17, 15) is 4.79 Å². The maximum atomic E-state index is 13.1. The molecular formula is C27H31N7O. The van der Waals surface area contributed by atoms with Crippen LogP contribution in [0.2, 0.25) is 0 Å². The summed E-state index contributed by atoms with van der Waals surface area (Å²) in [5, 5.41) is 3.82. The fraction of sp³-hybridized carbons (Fsp3) is 0.333. The summed E-state index contributed by atoms with van der Waals surface area (Å²) < 4.78 is 3.33. The molecule has 5 rings (SSSR count). The van der Waals surface area contributed by atoms with Crippen molar-refractivity contribution in [2.24, 2.45) is 0 Å². The van der Waals surface area contributed by atoms with Gasteiger partial charge in [0.15, 0.2) is 11.5 Å². The Kier molecular flexibility index (Phi) is 5.56. The number of aromatic nitrogens is 5. The first kappa shape index (κ1) is 23.0. The number of anilines is 2. The monoisotopic (exact) mass is 469 g/mol. The first-order valence-corrected chi connectivity index (χ1v) is 11.9. The van der Waals surface area contributed by atoms with Crippen molar-refractivity contribution in [2.45, 2.75) is 46.2 Å². The number of hydrogen-bond donors (Lipinski definition) is 1. The smallest absolute Gasteiger partial charge is 0.278 e. The molecule has 0 bridgehead atoms. The standard InChI is InChI=1S/C27H31N7O/c1-7-12-33-25(35)21-16-28-26(31-24(21)34(33)23-10-8-9-18(3)29-23)30-19-14-17(2)20-11-13-32(6)27(4,5)22(20)15-19/h7-10,14-16H,1,11-13H2,2-6H3,(H,28,30,31). The molecule has 1 aliphatic heterocycles. The molecule has 0 unspecified atom stereocenters. The lowest BCUT2D eigenvalue weighted by Crippen LogP contribution is -2.44. The average molecular weight is 470 g/mol. The van der Waals surface area contributed by atoms with E-state index in [2.05, 4.69) is 66.7 Å². The lowest BCUT2D eigenvalue weighted by atomic mass is 9.81. The Morgan fingerprint density at radius 1 is 1.20 bits per heavy atom. The number of allylic oxidation sites excluding steroid dienone is 1. The number of nitrogens with one attached hydrogen (secondary N) is 1. The van der Waals surface area contributed by atoms with Crippen molar-refractivity contribution in [3.8, 4) is 5.82 Å². The number of benzene rings is 1. The first-order chi connectivity index (χ1) is 16.7. The highest BCUT2D eigenvalue weighted by Gasteiger charge is 2.33. The number of likely N-dealkylation sites (N-methyl/N-ethyl adjacent to an activating group) is 1. The molecule has 35 heavy (non-hydrogen) atoms. The summed E-state index contributed by atoms with van der Waals surface area (Å²) in [4.78, 5) is 29.4. The Morgan fingerprint density at radius 2 is 2.00 bits per heavy atom. The van der Waals surface area contributed by atoms with Gasteiger partial charge in [-0.3, -0.25) is 9.69 Å². The van der Waals surface area contributed by atoms with Crippen molar-refractivity contribution >= 4 is 22.7 Å². The van der Waals surface area contributed by atoms with Crippen molar-refractivity contribution in [1.29, 1.82) is 0 Å². The van der Waals surface area contributed by atoms with Crippen LogP contribution in [0.5, 0.6) is 0 Å². The molecule has 0 amide bonds. The Hall–Kier alpha value is -3.78. The quantitative estimate of drug-likeness (QED) is 0.440. The third kappa shape index (κ3) is 3.83. The van der Waals surface area contributed by atoms with Crippen LogP contribution >= 0.6 is 0 Å². The van der Waals surface area contributed by atoms with Crippen LogP contribution < -0.4 is 10.9 Å². The molecule has 4 aromatic rings. The maximum absolute atomic E-state index is 13.1. The van der Waals surface area contributed by atoms with Crippen LogP contribution in [0.25, 0.3) is 16.9 Å². The minimum atomic E-state index is -0.177. The Bertz CT molecular complexity index is 1510. The normalized spacial score (nSPS) is 15.2. The van der Waals surface area contributed by atoms with Gasteiger partial charge in [-0.1, -0.05) is 12.1 Å². The molecule has 1 N–H and O–H groups in total. The molecular weight excluding hydrogens is 438 g/mol. The molecule has 180 valence electrons. The van der Waals surface area contributed by atoms with E-state index in [1.165, 1.54) is 16.7 Å². The van der Waals surface area contributed by atoms with Crippen LogP contribution in [0.3, 0.4) is 0 Å². The molecule has 0 aliphatic carbocycles. The van der Waals surface area contributed by atoms with E-state index in [0.29, 0.717) is 29.3 Å². The second kappa shape index (κ2) is 8.46. The molecule has 3 aromatic heterocycles. The summed E-state index contributed by atoms with van der Waals surface area (Å²) in [6.07, 6.45) is 4.31. The van der Waals surface area contributed by atoms with Gasteiger partial charge in [0.05, 0.1) is 6.54 Å². The van der Waals surface area contributed by atoms with Gasteiger partial charge in [0.1, 0.15) is 5.39 Å². The largest absolute Gasteiger partial charge is 0.324 e. The van der Waals surface area contributed by atoms with Crippen molar-refractivity contribution < 1.29 is 0 Å². The highest BCUT2D eigenvalue weighted by Crippen LogP contribution is 2.37. The molecule has 0 radical (unpaired) electrons. The van der Waals surface area contributed by atoms with E-state index in [1.807, 2.05) is 25.1 Å². The number of pyridine rings is 1. The van der Waals surface area contributed by atoms with Crippen LogP contribution in [0, 0.1) is 13.8 Å². The van der Waals surface area contributed by atoms with Gasteiger partial charge in [-0.15, -0.1) is 6.58 Å². The fourth-order valence-electron chi connectivity index (χ4n) is 4.92. The molecule has 8 nitrogen and oxygen atoms in total. The summed E-state index contributed by atoms with van der Waals surface area (Å²) in [5.41, 5.74) is 6.02. The average Bonchev–Trinajstić information content (AvgIpc) is 3.08. The molecule has 0 spiro atoms. The number of nitrogens with zero attached hydrogens (tertiary/aromatic N) is 6. The molecule has 0 saturated carbocycles. The van der Waals surface area contributed by atoms with Crippen LogP contribution in [0.4, 0.5) is 11.6 Å². The van der Waals surface area contributed by atoms with Gasteiger partial charge in [0, 0.05) is 29.7 Å². The Balaban J connectivity index is 1.63. The number of aryl methyl sites for hydroxylation is 2. The second-order valence-electron chi connectivity index (χ2n) is 9.73. The van der Waals surface area contributed by atoms with Gasteiger partial charge in [-0.25, -0.2) is 19.3 Å². The van der Waals surface area contributed by atoms with Gasteiger partial charge in [-0.2, -0.15) is 4.98 Å². The molecule has 8 heteroatoms. The van der Waals surface area contributed by atoms with Crippen LogP contribution in [0.15, 0.2) is 54.0 Å². The minimum absolute atomic E-state index is 0.0694. The Morgan fingerprint density at radius 3 is 2.74 bits per heavy atom. The molecule has 1 aliphatic rings. The highest BCUT2D eigenvalue weighted by molar-refractivity contribution is 5.77. The predicted molar refractivity (Wildman–Crippen MR) is 140 cm³/mol. The van der Waals surface area contributed by atoms with E-state index in [-0.39, 0.29) is 11.1 Å². The van der Waals surface area contributed by atoms with Crippen molar-refractivity contribution in [3.63, 3.8) is 0 Å². The predicted octanol–water partition coefficient (Wildman–Crippen LogP) is 4.25. The van der Waals surface area contributed by atoms with Crippen molar-refractivity contribution in [1.82, 2.24) is 29.2 Å². The topological polar surface area (TPSA) is 80.9 Å². The fourth-order valence-corrected chi connectivity index (χ4v) is 4.92. The first-order valence-electron chi connectivity index (χ1n) is 11.9. The van der Waals surface area contributed by atoms with Gasteiger partial charge in [0.25, 0.3) is 5.56 Å². The SMILES string of the molecule is C=CCn1c(=O)c2cnc(Nc3cc(C)c4c(c3)C(C)(C)N(C)CC4)nc2n1-c1cccc(C)n1. The van der Waals surface area contributed by atoms with Crippen LogP contribution in [-0.4, -0.2) is 42.8 Å². The third-order valence-corrected chi connectivity index (χ3v) is 7.11. The lowest BCUT2D eigenvalue weighted by Gasteiger charge is -2.42. The third-order valence-electron chi connectivity index (χ3n) is 7.11. The van der Waals surface area contributed by atoms with Crippen LogP contribution in [0.1, 0.15) is 36.2 Å². The number of rotatable bonds is 5. The summed E-state index contributed by atoms with van der Waals surface area (Å²) in [6.45, 7) is 13.8. The Labute approximate surface area is 204 Å². The summed E-state index contributed by atoms with van der Waals surface area (Å²) in [6, 6.07) is 10.0. The van der Waals surface area contributed by atoms with Gasteiger partial charge in [-0.05, 0) is 82.1 Å². The number of fused-ring (bicyclic) bond motifs is 2. The molecule has 0 atom stereocenters. The van der Waals surface area contributed by atoms with E-state index in [0.717, 1.165) is 24.3 Å². The molecule has 4 heterocycles. The number of hydrogen-bond acceptors (Lipinski definition) is 6. The van der Waals surface area contributed by atoms with Crippen LogP contribution in [-0.2, 0) is 18.5 Å². The van der Waals surface area contributed by atoms with E-state index in [1.54, 1.807) is 21.6 Å². The maximum Gasteiger partial charge on any atom is 0.278 e. The van der Waals surface area contributed by atoms with Gasteiger partial charge >= 0.3 is 0 Å². The van der Waals surface area contributed by atoms with Crippen molar-refractivity contribution in [2.75, 3.05) is 18.9 Å². The van der Waals surface area contributed by atoms with Crippen molar-refractivity contribution in [3.05, 3.63) is 81.9 Å². The summed E-state index contributed by atoms with van der Waals surface area (Å²) in [5.74, 6) is 1.05. The van der Waals surface area contributed by atoms with E-state index in [4.69, 9.17) is 4.98 Å². The van der Waals surface area contributed by atoms with E-state index >= 15 is 0 Å². The molecule has 0 fully saturated rings. The molecule has 0 saturated heterocycles. The zero-order valence-electron chi connectivity index (χ0n) is 21.0. The zero-order valence-corrected chi connectivity index (χ0v) is 21.0. The highest BCUT2D eigenvalue weighted by atomic mass is 16.1. The zero-order chi connectivity index (χ0) is 24.9. The summed E-state index contributed by atoms with van der Waals surface area (Å²) >= 11 is 0. The van der Waals surface area contributed by atoms with E-state index < -0.39 is 0 Å². The molecule has 1 aromatic carbocycles. The minimum Gasteiger partial charge on any atom is -0.324 e. The lowest BCUT2D eigenvalue weighted by molar-refractivity contribution is 0.143.